The van der Waals surface area contributed by atoms with E-state index in [1.165, 1.54) is 31.5 Å². The standard InChI is InChI=1S/C20H29FN4O2/c1-14-12-23-19(21)11-18(14)27-16-10-17(22-13-16)20(26)25-7-3-6-24(8-9-25)15-4-2-5-15/h11-12,15-17,22H,2-10,13H2,1H3/t16-,17+/m0/s1. The van der Waals surface area contributed by atoms with Gasteiger partial charge in [-0.25, -0.2) is 4.98 Å². The van der Waals surface area contributed by atoms with Crippen LogP contribution in [0.3, 0.4) is 0 Å². The van der Waals surface area contributed by atoms with Crippen molar-refractivity contribution in [1.82, 2.24) is 20.1 Å². The molecule has 7 heteroatoms. The summed E-state index contributed by atoms with van der Waals surface area (Å²) in [5, 5.41) is 3.30. The van der Waals surface area contributed by atoms with Crippen molar-refractivity contribution in [3.63, 3.8) is 0 Å². The van der Waals surface area contributed by atoms with Crippen molar-refractivity contribution in [1.29, 1.82) is 0 Å². The van der Waals surface area contributed by atoms with Gasteiger partial charge in [-0.15, -0.1) is 0 Å². The highest BCUT2D eigenvalue weighted by Crippen LogP contribution is 2.26. The lowest BCUT2D eigenvalue weighted by Gasteiger charge is -2.36. The Morgan fingerprint density at radius 1 is 1.26 bits per heavy atom. The molecule has 27 heavy (non-hydrogen) atoms. The lowest BCUT2D eigenvalue weighted by molar-refractivity contribution is -0.133. The Hall–Kier alpha value is -1.73. The van der Waals surface area contributed by atoms with Crippen LogP contribution in [0.5, 0.6) is 5.75 Å². The molecule has 6 nitrogen and oxygen atoms in total. The van der Waals surface area contributed by atoms with Gasteiger partial charge >= 0.3 is 0 Å². The topological polar surface area (TPSA) is 57.7 Å². The molecule has 3 fully saturated rings. The minimum atomic E-state index is -0.547. The van der Waals surface area contributed by atoms with E-state index in [0.29, 0.717) is 18.7 Å². The summed E-state index contributed by atoms with van der Waals surface area (Å²) in [6.07, 6.45) is 6.98. The summed E-state index contributed by atoms with van der Waals surface area (Å²) in [6.45, 7) is 6.18. The molecule has 1 aromatic rings. The quantitative estimate of drug-likeness (QED) is 0.811. The molecule has 2 atom stereocenters. The van der Waals surface area contributed by atoms with E-state index in [2.05, 4.69) is 15.2 Å². The second kappa shape index (κ2) is 8.10. The van der Waals surface area contributed by atoms with Gasteiger partial charge in [0, 0.05) is 63.0 Å². The van der Waals surface area contributed by atoms with E-state index in [1.807, 2.05) is 11.8 Å². The van der Waals surface area contributed by atoms with Crippen molar-refractivity contribution in [2.75, 3.05) is 32.7 Å². The normalized spacial score (nSPS) is 27.3. The number of carbonyl (C=O) groups is 1. The maximum Gasteiger partial charge on any atom is 0.239 e. The van der Waals surface area contributed by atoms with Crippen LogP contribution < -0.4 is 10.1 Å². The molecule has 0 radical (unpaired) electrons. The fourth-order valence-corrected chi connectivity index (χ4v) is 4.26. The summed E-state index contributed by atoms with van der Waals surface area (Å²) >= 11 is 0. The van der Waals surface area contributed by atoms with Crippen molar-refractivity contribution in [2.45, 2.75) is 57.2 Å². The SMILES string of the molecule is Cc1cnc(F)cc1O[C@@H]1CN[C@@H](C(=O)N2CCCN(C3CCC3)CC2)C1. The summed E-state index contributed by atoms with van der Waals surface area (Å²) in [4.78, 5) is 21.2. The van der Waals surface area contributed by atoms with Crippen LogP contribution in [0.2, 0.25) is 0 Å². The van der Waals surface area contributed by atoms with Crippen LogP contribution in [0, 0.1) is 12.9 Å². The average molecular weight is 376 g/mol. The Morgan fingerprint density at radius 2 is 2.11 bits per heavy atom. The van der Waals surface area contributed by atoms with Gasteiger partial charge in [0.2, 0.25) is 11.9 Å². The van der Waals surface area contributed by atoms with Crippen LogP contribution >= 0.6 is 0 Å². The summed E-state index contributed by atoms with van der Waals surface area (Å²) in [7, 11) is 0. The van der Waals surface area contributed by atoms with Crippen LogP contribution in [0.1, 0.15) is 37.7 Å². The molecule has 3 heterocycles. The van der Waals surface area contributed by atoms with Crippen LogP contribution in [0.15, 0.2) is 12.3 Å². The highest BCUT2D eigenvalue weighted by atomic mass is 19.1. The average Bonchev–Trinajstić information content (AvgIpc) is 2.94. The summed E-state index contributed by atoms with van der Waals surface area (Å²) in [6, 6.07) is 1.84. The number of halogens is 1. The Morgan fingerprint density at radius 3 is 2.89 bits per heavy atom. The second-order valence-corrected chi connectivity index (χ2v) is 8.01. The third-order valence-electron chi connectivity index (χ3n) is 6.14. The van der Waals surface area contributed by atoms with E-state index in [4.69, 9.17) is 4.74 Å². The Bertz CT molecular complexity index is 682. The highest BCUT2D eigenvalue weighted by Gasteiger charge is 2.35. The minimum Gasteiger partial charge on any atom is -0.489 e. The smallest absolute Gasteiger partial charge is 0.239 e. The first-order valence-electron chi connectivity index (χ1n) is 10.1. The monoisotopic (exact) mass is 376 g/mol. The van der Waals surface area contributed by atoms with Gasteiger partial charge in [0.25, 0.3) is 0 Å². The second-order valence-electron chi connectivity index (χ2n) is 8.01. The number of hydrogen-bond acceptors (Lipinski definition) is 5. The predicted molar refractivity (Wildman–Crippen MR) is 100 cm³/mol. The van der Waals surface area contributed by atoms with Crippen LogP contribution in [-0.2, 0) is 4.79 Å². The van der Waals surface area contributed by atoms with Gasteiger partial charge in [-0.1, -0.05) is 6.42 Å². The van der Waals surface area contributed by atoms with E-state index in [0.717, 1.165) is 44.2 Å². The molecular formula is C20H29FN4O2. The maximum atomic E-state index is 13.4. The van der Waals surface area contributed by atoms with E-state index >= 15 is 0 Å². The highest BCUT2D eigenvalue weighted by molar-refractivity contribution is 5.82. The molecule has 0 aromatic carbocycles. The predicted octanol–water partition coefficient (Wildman–Crippen LogP) is 1.73. The van der Waals surface area contributed by atoms with Crippen molar-refractivity contribution in [2.24, 2.45) is 0 Å². The Balaban J connectivity index is 1.30. The largest absolute Gasteiger partial charge is 0.489 e. The third-order valence-corrected chi connectivity index (χ3v) is 6.14. The number of amides is 1. The molecule has 2 aliphatic heterocycles. The van der Waals surface area contributed by atoms with Gasteiger partial charge in [0.05, 0.1) is 6.04 Å². The summed E-state index contributed by atoms with van der Waals surface area (Å²) < 4.78 is 19.3. The molecule has 2 saturated heterocycles. The number of nitrogens with zero attached hydrogens (tertiary/aromatic N) is 3. The molecule has 1 saturated carbocycles. The number of aryl methyl sites for hydroxylation is 1. The van der Waals surface area contributed by atoms with Crippen molar-refractivity contribution < 1.29 is 13.9 Å². The lowest BCUT2D eigenvalue weighted by atomic mass is 9.91. The number of rotatable bonds is 4. The molecule has 0 bridgehead atoms. The molecular weight excluding hydrogens is 347 g/mol. The van der Waals surface area contributed by atoms with Gasteiger partial charge in [0.1, 0.15) is 11.9 Å². The fraction of sp³-hybridized carbons (Fsp3) is 0.700. The van der Waals surface area contributed by atoms with E-state index in [1.54, 1.807) is 0 Å². The molecule has 148 valence electrons. The minimum absolute atomic E-state index is 0.127. The summed E-state index contributed by atoms with van der Waals surface area (Å²) in [5.74, 6) is 0.136. The molecule has 1 amide bonds. The van der Waals surface area contributed by atoms with E-state index in [9.17, 15) is 9.18 Å². The first-order valence-corrected chi connectivity index (χ1v) is 10.1. The number of hydrogen-bond donors (Lipinski definition) is 1. The van der Waals surface area contributed by atoms with Crippen molar-refractivity contribution in [3.8, 4) is 5.75 Å². The molecule has 0 unspecified atom stereocenters. The van der Waals surface area contributed by atoms with Gasteiger partial charge in [-0.3, -0.25) is 9.69 Å². The van der Waals surface area contributed by atoms with Crippen LogP contribution in [0.4, 0.5) is 4.39 Å². The summed E-state index contributed by atoms with van der Waals surface area (Å²) in [5.41, 5.74) is 0.801. The zero-order chi connectivity index (χ0) is 18.8. The van der Waals surface area contributed by atoms with Crippen molar-refractivity contribution >= 4 is 5.91 Å². The zero-order valence-electron chi connectivity index (χ0n) is 16.0. The van der Waals surface area contributed by atoms with Crippen molar-refractivity contribution in [3.05, 3.63) is 23.8 Å². The lowest BCUT2D eigenvalue weighted by Crippen LogP contribution is -2.46. The van der Waals surface area contributed by atoms with Gasteiger partial charge in [0.15, 0.2) is 0 Å². The Kier molecular flexibility index (Phi) is 5.59. The number of ether oxygens (including phenoxy) is 1. The molecule has 1 N–H and O–H groups in total. The zero-order valence-corrected chi connectivity index (χ0v) is 16.0. The molecule has 4 rings (SSSR count). The Labute approximate surface area is 160 Å². The number of carbonyl (C=O) groups excluding carboxylic acids is 1. The molecule has 1 aromatic heterocycles. The first-order chi connectivity index (χ1) is 13.1. The fourth-order valence-electron chi connectivity index (χ4n) is 4.26. The van der Waals surface area contributed by atoms with Gasteiger partial charge in [-0.05, 0) is 26.2 Å². The first kappa shape index (κ1) is 18.6. The molecule has 0 spiro atoms. The molecule has 3 aliphatic rings. The van der Waals surface area contributed by atoms with E-state index in [-0.39, 0.29) is 18.1 Å². The maximum absolute atomic E-state index is 13.4. The number of pyridine rings is 1. The van der Waals surface area contributed by atoms with E-state index < -0.39 is 5.95 Å². The van der Waals surface area contributed by atoms with Crippen LogP contribution in [0.25, 0.3) is 0 Å². The van der Waals surface area contributed by atoms with Crippen LogP contribution in [-0.4, -0.2) is 71.6 Å². The van der Waals surface area contributed by atoms with Gasteiger partial charge in [-0.2, -0.15) is 4.39 Å². The number of nitrogens with one attached hydrogen (secondary N) is 1. The number of aromatic nitrogens is 1. The van der Waals surface area contributed by atoms with Gasteiger partial charge < -0.3 is 15.0 Å². The molecule has 1 aliphatic carbocycles. The third kappa shape index (κ3) is 4.24.